The van der Waals surface area contributed by atoms with Crippen LogP contribution >= 0.6 is 0 Å². The number of carbonyl (C=O) groups excluding carboxylic acids is 1. The second kappa shape index (κ2) is 7.90. The third-order valence-electron chi connectivity index (χ3n) is 2.78. The molecule has 1 amide bonds. The molecule has 0 aromatic carbocycles. The molecule has 0 aliphatic heterocycles. The van der Waals surface area contributed by atoms with Gasteiger partial charge in [0.25, 0.3) is 0 Å². The van der Waals surface area contributed by atoms with Crippen LogP contribution in [0.15, 0.2) is 22.8 Å². The van der Waals surface area contributed by atoms with Crippen molar-refractivity contribution in [2.45, 2.75) is 26.7 Å². The van der Waals surface area contributed by atoms with E-state index in [0.29, 0.717) is 12.2 Å². The van der Waals surface area contributed by atoms with Crippen molar-refractivity contribution in [1.29, 1.82) is 0 Å². The van der Waals surface area contributed by atoms with Gasteiger partial charge in [0.05, 0.1) is 12.7 Å². The first-order valence-electron chi connectivity index (χ1n) is 6.27. The standard InChI is InChI=1S/C13H22N2O2/c1-3-15(4-2)9-6-8-14-13(16)11-12-7-5-10-17-12/h5,7,10H,3-4,6,8-9,11H2,1-2H3,(H,14,16). The van der Waals surface area contributed by atoms with Crippen molar-refractivity contribution in [2.75, 3.05) is 26.2 Å². The van der Waals surface area contributed by atoms with E-state index in [2.05, 4.69) is 24.1 Å². The summed E-state index contributed by atoms with van der Waals surface area (Å²) in [6.45, 7) is 8.20. The smallest absolute Gasteiger partial charge is 0.227 e. The zero-order valence-electron chi connectivity index (χ0n) is 10.7. The maximum Gasteiger partial charge on any atom is 0.227 e. The number of furan rings is 1. The van der Waals surface area contributed by atoms with E-state index in [0.717, 1.165) is 32.6 Å². The maximum atomic E-state index is 11.5. The Morgan fingerprint density at radius 1 is 1.41 bits per heavy atom. The van der Waals surface area contributed by atoms with Gasteiger partial charge < -0.3 is 14.6 Å². The van der Waals surface area contributed by atoms with Crippen LogP contribution in [0.25, 0.3) is 0 Å². The molecule has 0 fully saturated rings. The van der Waals surface area contributed by atoms with Crippen molar-refractivity contribution in [3.8, 4) is 0 Å². The Bertz CT molecular complexity index is 305. The largest absolute Gasteiger partial charge is 0.469 e. The zero-order valence-corrected chi connectivity index (χ0v) is 10.7. The molecule has 0 atom stereocenters. The van der Waals surface area contributed by atoms with Gasteiger partial charge >= 0.3 is 0 Å². The number of nitrogens with one attached hydrogen (secondary N) is 1. The number of rotatable bonds is 8. The van der Waals surface area contributed by atoms with Gasteiger partial charge in [-0.05, 0) is 38.2 Å². The molecule has 0 bridgehead atoms. The van der Waals surface area contributed by atoms with Crippen LogP contribution in [-0.4, -0.2) is 37.0 Å². The molecule has 1 aromatic rings. The molecule has 17 heavy (non-hydrogen) atoms. The number of amides is 1. The van der Waals surface area contributed by atoms with Crippen LogP contribution in [0, 0.1) is 0 Å². The predicted octanol–water partition coefficient (Wildman–Crippen LogP) is 1.67. The van der Waals surface area contributed by atoms with Gasteiger partial charge in [0.1, 0.15) is 5.76 Å². The summed E-state index contributed by atoms with van der Waals surface area (Å²) >= 11 is 0. The minimum atomic E-state index is 0.0273. The van der Waals surface area contributed by atoms with E-state index in [4.69, 9.17) is 4.42 Å². The molecule has 96 valence electrons. The Hall–Kier alpha value is -1.29. The van der Waals surface area contributed by atoms with Gasteiger partial charge in [-0.3, -0.25) is 4.79 Å². The fourth-order valence-corrected chi connectivity index (χ4v) is 1.70. The SMILES string of the molecule is CCN(CC)CCCNC(=O)Cc1ccco1. The minimum absolute atomic E-state index is 0.0273. The minimum Gasteiger partial charge on any atom is -0.469 e. The molecule has 4 heteroatoms. The van der Waals surface area contributed by atoms with Gasteiger partial charge in [-0.15, -0.1) is 0 Å². The van der Waals surface area contributed by atoms with Crippen molar-refractivity contribution >= 4 is 5.91 Å². The number of carbonyl (C=O) groups is 1. The highest BCUT2D eigenvalue weighted by Crippen LogP contribution is 2.00. The van der Waals surface area contributed by atoms with Gasteiger partial charge in [0.2, 0.25) is 5.91 Å². The first-order valence-corrected chi connectivity index (χ1v) is 6.27. The monoisotopic (exact) mass is 238 g/mol. The van der Waals surface area contributed by atoms with Gasteiger partial charge in [-0.25, -0.2) is 0 Å². The van der Waals surface area contributed by atoms with Crippen LogP contribution in [-0.2, 0) is 11.2 Å². The maximum absolute atomic E-state index is 11.5. The number of hydrogen-bond donors (Lipinski definition) is 1. The predicted molar refractivity (Wildman–Crippen MR) is 67.8 cm³/mol. The van der Waals surface area contributed by atoms with Gasteiger partial charge in [-0.1, -0.05) is 13.8 Å². The van der Waals surface area contributed by atoms with E-state index < -0.39 is 0 Å². The van der Waals surface area contributed by atoms with E-state index in [1.54, 1.807) is 12.3 Å². The summed E-state index contributed by atoms with van der Waals surface area (Å²) < 4.78 is 5.11. The Morgan fingerprint density at radius 2 is 2.18 bits per heavy atom. The second-order valence-corrected chi connectivity index (χ2v) is 3.99. The van der Waals surface area contributed by atoms with Crippen LogP contribution in [0.1, 0.15) is 26.0 Å². The highest BCUT2D eigenvalue weighted by molar-refractivity contribution is 5.77. The van der Waals surface area contributed by atoms with Crippen LogP contribution in [0.3, 0.4) is 0 Å². The van der Waals surface area contributed by atoms with Gasteiger partial charge in [0.15, 0.2) is 0 Å². The molecule has 1 N–H and O–H groups in total. The first-order chi connectivity index (χ1) is 8.26. The van der Waals surface area contributed by atoms with Crippen molar-refractivity contribution in [1.82, 2.24) is 10.2 Å². The summed E-state index contributed by atoms with van der Waals surface area (Å²) in [5.74, 6) is 0.741. The lowest BCUT2D eigenvalue weighted by Gasteiger charge is -2.17. The molecule has 4 nitrogen and oxygen atoms in total. The van der Waals surface area contributed by atoms with Crippen LogP contribution in [0.5, 0.6) is 0 Å². The zero-order chi connectivity index (χ0) is 12.5. The molecule has 0 saturated carbocycles. The summed E-state index contributed by atoms with van der Waals surface area (Å²) in [7, 11) is 0. The summed E-state index contributed by atoms with van der Waals surface area (Å²) in [5, 5.41) is 2.90. The van der Waals surface area contributed by atoms with E-state index in [1.165, 1.54) is 0 Å². The molecule has 0 radical (unpaired) electrons. The highest BCUT2D eigenvalue weighted by atomic mass is 16.3. The fourth-order valence-electron chi connectivity index (χ4n) is 1.70. The van der Waals surface area contributed by atoms with Crippen LogP contribution in [0.4, 0.5) is 0 Å². The molecule has 0 saturated heterocycles. The summed E-state index contributed by atoms with van der Waals surface area (Å²) in [6.07, 6.45) is 2.91. The molecular formula is C13H22N2O2. The highest BCUT2D eigenvalue weighted by Gasteiger charge is 2.05. The van der Waals surface area contributed by atoms with Crippen molar-refractivity contribution in [3.05, 3.63) is 24.2 Å². The quantitative estimate of drug-likeness (QED) is 0.701. The van der Waals surface area contributed by atoms with Crippen molar-refractivity contribution < 1.29 is 9.21 Å². The summed E-state index contributed by atoms with van der Waals surface area (Å²) in [6, 6.07) is 3.61. The average Bonchev–Trinajstić information content (AvgIpc) is 2.82. The van der Waals surface area contributed by atoms with E-state index in [-0.39, 0.29) is 5.91 Å². The molecule has 1 heterocycles. The Morgan fingerprint density at radius 3 is 2.76 bits per heavy atom. The first kappa shape index (κ1) is 13.8. The van der Waals surface area contributed by atoms with E-state index in [1.807, 2.05) is 6.07 Å². The molecule has 1 aromatic heterocycles. The topological polar surface area (TPSA) is 45.5 Å². The Labute approximate surface area is 103 Å². The molecule has 0 spiro atoms. The van der Waals surface area contributed by atoms with Gasteiger partial charge in [-0.2, -0.15) is 0 Å². The number of hydrogen-bond acceptors (Lipinski definition) is 3. The number of nitrogens with zero attached hydrogens (tertiary/aromatic N) is 1. The van der Waals surface area contributed by atoms with Gasteiger partial charge in [0, 0.05) is 6.54 Å². The fraction of sp³-hybridized carbons (Fsp3) is 0.615. The van der Waals surface area contributed by atoms with Crippen molar-refractivity contribution in [2.24, 2.45) is 0 Å². The van der Waals surface area contributed by atoms with Crippen LogP contribution in [0.2, 0.25) is 0 Å². The molecule has 1 rings (SSSR count). The lowest BCUT2D eigenvalue weighted by molar-refractivity contribution is -0.120. The lowest BCUT2D eigenvalue weighted by Crippen LogP contribution is -2.30. The Balaban J connectivity index is 2.08. The molecular weight excluding hydrogens is 216 g/mol. The second-order valence-electron chi connectivity index (χ2n) is 3.99. The molecule has 0 unspecified atom stereocenters. The molecule has 0 aliphatic carbocycles. The third kappa shape index (κ3) is 5.54. The van der Waals surface area contributed by atoms with Crippen molar-refractivity contribution in [3.63, 3.8) is 0 Å². The third-order valence-corrected chi connectivity index (χ3v) is 2.78. The van der Waals surface area contributed by atoms with E-state index >= 15 is 0 Å². The average molecular weight is 238 g/mol. The van der Waals surface area contributed by atoms with Crippen LogP contribution < -0.4 is 5.32 Å². The van der Waals surface area contributed by atoms with E-state index in [9.17, 15) is 4.79 Å². The Kier molecular flexibility index (Phi) is 6.40. The lowest BCUT2D eigenvalue weighted by atomic mass is 10.3. The molecule has 0 aliphatic rings. The summed E-state index contributed by atoms with van der Waals surface area (Å²) in [4.78, 5) is 13.9. The normalized spacial score (nSPS) is 10.8. The summed E-state index contributed by atoms with van der Waals surface area (Å²) in [5.41, 5.74) is 0.